The molecule has 0 saturated carbocycles. The number of hydrogen-bond acceptors (Lipinski definition) is 12. The summed E-state index contributed by atoms with van der Waals surface area (Å²) in [6.07, 6.45) is 3.63. The zero-order valence-corrected chi connectivity index (χ0v) is 29.7. The van der Waals surface area contributed by atoms with Gasteiger partial charge in [-0.15, -0.1) is 0 Å². The number of benzene rings is 2. The van der Waals surface area contributed by atoms with Crippen molar-refractivity contribution >= 4 is 46.9 Å². The van der Waals surface area contributed by atoms with Crippen molar-refractivity contribution in [3.63, 3.8) is 0 Å². The van der Waals surface area contributed by atoms with Crippen LogP contribution in [-0.2, 0) is 53.3 Å². The molecule has 0 bridgehead atoms. The summed E-state index contributed by atoms with van der Waals surface area (Å²) in [7, 11) is 0. The number of anilines is 4. The largest absolute Gasteiger partial charge is 2.00 e. The van der Waals surface area contributed by atoms with E-state index in [9.17, 15) is 0 Å². The Bertz CT molecular complexity index is 1280. The third kappa shape index (κ3) is 35.7. The first-order valence-corrected chi connectivity index (χ1v) is 13.6. The molecular weight excluding hydrogens is 719 g/mol. The summed E-state index contributed by atoms with van der Waals surface area (Å²) in [6, 6.07) is 24.5. The van der Waals surface area contributed by atoms with Gasteiger partial charge in [0.25, 0.3) is 0 Å². The van der Waals surface area contributed by atoms with Crippen molar-refractivity contribution in [3.05, 3.63) is 107 Å². The molecule has 0 saturated heterocycles. The summed E-state index contributed by atoms with van der Waals surface area (Å²) in [5, 5.41) is 42.1. The van der Waals surface area contributed by atoms with E-state index >= 15 is 0 Å². The zero-order chi connectivity index (χ0) is 35.7. The number of carbonyl (C=O) groups is 4. The number of pyridine rings is 2. The van der Waals surface area contributed by atoms with Crippen LogP contribution in [0.3, 0.4) is 0 Å². The molecule has 2 radical (unpaired) electrons. The van der Waals surface area contributed by atoms with Gasteiger partial charge in [-0.25, -0.2) is 9.97 Å². The molecule has 266 valence electrons. The van der Waals surface area contributed by atoms with Crippen LogP contribution >= 0.6 is 0 Å². The molecule has 0 aliphatic rings. The normalized spacial score (nSPS) is 8.33. The molecule has 2 N–H and O–H groups in total. The van der Waals surface area contributed by atoms with Gasteiger partial charge in [0.1, 0.15) is 11.6 Å². The zero-order valence-electron chi connectivity index (χ0n) is 27.8. The summed E-state index contributed by atoms with van der Waals surface area (Å²) >= 11 is 0. The molecule has 0 aliphatic heterocycles. The Kier molecular flexibility index (Phi) is 31.0. The monoisotopic (exact) mass is 758 g/mol. The second-order valence-corrected chi connectivity index (χ2v) is 9.39. The molecule has 0 aliphatic carbocycles. The Labute approximate surface area is 303 Å². The molecule has 2 heterocycles. The van der Waals surface area contributed by atoms with Crippen LogP contribution in [0.1, 0.15) is 49.9 Å². The van der Waals surface area contributed by atoms with Crippen molar-refractivity contribution < 1.29 is 73.7 Å². The molecule has 0 fully saturated rings. The summed E-state index contributed by atoms with van der Waals surface area (Å²) in [5.74, 6) is -2.55. The van der Waals surface area contributed by atoms with Gasteiger partial charge < -0.3 is 50.2 Å². The number of aryl methyl sites for hydroxylation is 4. The van der Waals surface area contributed by atoms with E-state index in [0.29, 0.717) is 0 Å². The van der Waals surface area contributed by atoms with Crippen molar-refractivity contribution in [2.45, 2.75) is 55.4 Å². The number of nitrogens with one attached hydrogen (secondary N) is 2. The Morgan fingerprint density at radius 1 is 0.479 bits per heavy atom. The molecule has 2 aromatic heterocycles. The maximum Gasteiger partial charge on any atom is 2.00 e. The van der Waals surface area contributed by atoms with Gasteiger partial charge in [-0.2, -0.15) is 0 Å². The Morgan fingerprint density at radius 2 is 0.729 bits per heavy atom. The number of hydrogen-bond donors (Lipinski definition) is 2. The first kappa shape index (κ1) is 50.1. The average Bonchev–Trinajstić information content (AvgIpc) is 2.88. The second kappa shape index (κ2) is 29.6. The Morgan fingerprint density at radius 3 is 0.958 bits per heavy atom. The van der Waals surface area contributed by atoms with Gasteiger partial charge in [-0.3, -0.25) is 0 Å². The van der Waals surface area contributed by atoms with E-state index in [4.69, 9.17) is 39.6 Å². The van der Waals surface area contributed by atoms with Crippen LogP contribution in [0.25, 0.3) is 0 Å². The molecular formula is C34H40Cu2N4O8. The van der Waals surface area contributed by atoms with Crippen LogP contribution in [0, 0.1) is 27.7 Å². The van der Waals surface area contributed by atoms with E-state index in [1.54, 1.807) is 0 Å². The van der Waals surface area contributed by atoms with E-state index in [2.05, 4.69) is 72.6 Å². The maximum atomic E-state index is 8.89. The number of aliphatic carboxylic acids is 4. The second-order valence-electron chi connectivity index (χ2n) is 9.39. The molecule has 2 aromatic carbocycles. The minimum Gasteiger partial charge on any atom is -0.550 e. The minimum atomic E-state index is -1.08. The van der Waals surface area contributed by atoms with Crippen LogP contribution in [0.15, 0.2) is 85.2 Å². The summed E-state index contributed by atoms with van der Waals surface area (Å²) in [5.41, 5.74) is 7.06. The predicted molar refractivity (Wildman–Crippen MR) is 170 cm³/mol. The van der Waals surface area contributed by atoms with E-state index in [0.717, 1.165) is 50.7 Å². The van der Waals surface area contributed by atoms with Gasteiger partial charge in [0.2, 0.25) is 0 Å². The standard InChI is InChI=1S/2C13H14N2.4C2H4O2.2Cu/c2*1-10-4-3-5-12(8-10)15-13-9-11(2)6-7-14-13;4*1-2(3)4;;/h2*3-9H,1-2H3,(H,14,15);4*1H3,(H,3,4);;/q;;;;;;2*+2/p-4. The minimum absolute atomic E-state index is 0. The summed E-state index contributed by atoms with van der Waals surface area (Å²) < 4.78 is 0. The van der Waals surface area contributed by atoms with Crippen molar-refractivity contribution in [2.75, 3.05) is 10.6 Å². The van der Waals surface area contributed by atoms with Gasteiger partial charge in [-0.05, 0) is 126 Å². The number of nitrogens with zero attached hydrogens (tertiary/aromatic N) is 2. The smallest absolute Gasteiger partial charge is 0.550 e. The van der Waals surface area contributed by atoms with Crippen molar-refractivity contribution in [1.29, 1.82) is 0 Å². The van der Waals surface area contributed by atoms with Crippen LogP contribution in [0.4, 0.5) is 23.0 Å². The fourth-order valence-electron chi connectivity index (χ4n) is 2.95. The third-order valence-electron chi connectivity index (χ3n) is 4.41. The summed E-state index contributed by atoms with van der Waals surface area (Å²) in [4.78, 5) is 44.1. The van der Waals surface area contributed by atoms with Crippen LogP contribution < -0.4 is 31.1 Å². The average molecular weight is 760 g/mol. The first-order chi connectivity index (χ1) is 21.4. The van der Waals surface area contributed by atoms with E-state index in [1.807, 2.05) is 60.9 Å². The van der Waals surface area contributed by atoms with Gasteiger partial charge in [0, 0.05) is 47.6 Å². The van der Waals surface area contributed by atoms with E-state index in [1.165, 1.54) is 22.3 Å². The van der Waals surface area contributed by atoms with Crippen LogP contribution in [-0.4, -0.2) is 33.8 Å². The number of aromatic nitrogens is 2. The third-order valence-corrected chi connectivity index (χ3v) is 4.41. The van der Waals surface area contributed by atoms with Crippen LogP contribution in [0.2, 0.25) is 0 Å². The molecule has 0 amide bonds. The SMILES string of the molecule is CC(=O)[O-].CC(=O)[O-].CC(=O)[O-].CC(=O)[O-].Cc1cccc(Nc2cc(C)ccn2)c1.Cc1cccc(Nc2cc(C)ccn2)c1.[Cu+2].[Cu+2]. The first-order valence-electron chi connectivity index (χ1n) is 13.6. The predicted octanol–water partition coefficient (Wildman–Crippen LogP) is 1.90. The molecule has 0 spiro atoms. The molecule has 48 heavy (non-hydrogen) atoms. The van der Waals surface area contributed by atoms with Gasteiger partial charge in [0.05, 0.1) is 0 Å². The van der Waals surface area contributed by atoms with E-state index in [-0.39, 0.29) is 34.1 Å². The van der Waals surface area contributed by atoms with Crippen molar-refractivity contribution in [3.8, 4) is 0 Å². The number of rotatable bonds is 4. The Hall–Kier alpha value is -4.74. The molecule has 12 nitrogen and oxygen atoms in total. The van der Waals surface area contributed by atoms with E-state index < -0.39 is 23.9 Å². The number of carbonyl (C=O) groups excluding carboxylic acids is 4. The molecule has 0 unspecified atom stereocenters. The number of carboxylic acids is 4. The molecule has 14 heteroatoms. The van der Waals surface area contributed by atoms with Crippen molar-refractivity contribution in [1.82, 2.24) is 9.97 Å². The fourth-order valence-corrected chi connectivity index (χ4v) is 2.95. The number of carboxylic acid groups (broad SMARTS) is 4. The Balaban J connectivity index is -0.000000273. The quantitative estimate of drug-likeness (QED) is 0.286. The molecule has 0 atom stereocenters. The maximum absolute atomic E-state index is 8.89. The van der Waals surface area contributed by atoms with Gasteiger partial charge >= 0.3 is 34.1 Å². The summed E-state index contributed by atoms with van der Waals surface area (Å²) in [6.45, 7) is 12.2. The van der Waals surface area contributed by atoms with Gasteiger partial charge in [0.15, 0.2) is 0 Å². The fraction of sp³-hybridized carbons (Fsp3) is 0.235. The topological polar surface area (TPSA) is 210 Å². The molecule has 4 aromatic rings. The van der Waals surface area contributed by atoms with Crippen LogP contribution in [0.5, 0.6) is 0 Å². The van der Waals surface area contributed by atoms with Crippen molar-refractivity contribution in [2.24, 2.45) is 0 Å². The molecule has 4 rings (SSSR count). The van der Waals surface area contributed by atoms with Gasteiger partial charge in [-0.1, -0.05) is 24.3 Å².